The van der Waals surface area contributed by atoms with E-state index in [0.717, 1.165) is 16.8 Å². The van der Waals surface area contributed by atoms with E-state index in [2.05, 4.69) is 10.3 Å². The summed E-state index contributed by atoms with van der Waals surface area (Å²) in [7, 11) is 0. The summed E-state index contributed by atoms with van der Waals surface area (Å²) in [6.45, 7) is 4.39. The molecule has 0 bridgehead atoms. The molecule has 2 aromatic rings. The summed E-state index contributed by atoms with van der Waals surface area (Å²) in [6.07, 6.45) is 1.72. The molecule has 1 aliphatic rings. The van der Waals surface area contributed by atoms with Crippen molar-refractivity contribution >= 4 is 29.0 Å². The monoisotopic (exact) mass is 324 g/mol. The van der Waals surface area contributed by atoms with E-state index in [0.29, 0.717) is 18.1 Å². The summed E-state index contributed by atoms with van der Waals surface area (Å²) < 4.78 is 0. The Morgan fingerprint density at radius 2 is 2.08 bits per heavy atom. The largest absolute Gasteiger partial charge is 0.384 e. The van der Waals surface area contributed by atoms with Crippen LogP contribution in [0.5, 0.6) is 0 Å². The third-order valence-corrected chi connectivity index (χ3v) is 4.42. The minimum atomic E-state index is -0.380. The molecule has 0 aliphatic carbocycles. The number of carbonyl (C=O) groups is 2. The first kappa shape index (κ1) is 16.0. The number of rotatable bonds is 3. The topological polar surface area (TPSA) is 88.3 Å². The van der Waals surface area contributed by atoms with Gasteiger partial charge in [0.25, 0.3) is 0 Å². The normalized spacial score (nSPS) is 17.2. The van der Waals surface area contributed by atoms with Crippen molar-refractivity contribution in [2.75, 3.05) is 22.5 Å². The van der Waals surface area contributed by atoms with E-state index >= 15 is 0 Å². The van der Waals surface area contributed by atoms with Crippen LogP contribution in [0.25, 0.3) is 0 Å². The van der Waals surface area contributed by atoms with Gasteiger partial charge in [-0.2, -0.15) is 0 Å². The molecule has 3 rings (SSSR count). The van der Waals surface area contributed by atoms with E-state index in [9.17, 15) is 9.59 Å². The van der Waals surface area contributed by atoms with Crippen molar-refractivity contribution in [2.24, 2.45) is 5.92 Å². The van der Waals surface area contributed by atoms with Gasteiger partial charge in [0.05, 0.1) is 17.8 Å². The molecule has 0 radical (unpaired) electrons. The highest BCUT2D eigenvalue weighted by Crippen LogP contribution is 2.29. The molecule has 1 aromatic carbocycles. The second kappa shape index (κ2) is 6.31. The summed E-state index contributed by atoms with van der Waals surface area (Å²) in [5, 5.41) is 2.79. The third kappa shape index (κ3) is 3.08. The number of nitrogens with two attached hydrogens (primary N) is 1. The standard InChI is InChI=1S/C18H20N4O2/c1-11-4-3-5-15(12(11)2)22-10-13(8-17(22)23)18(24)21-14-6-7-16(19)20-9-14/h3-7,9,13H,8,10H2,1-2H3,(H2,19,20)(H,21,24). The summed E-state index contributed by atoms with van der Waals surface area (Å²) in [4.78, 5) is 30.4. The molecular weight excluding hydrogens is 304 g/mol. The molecule has 1 saturated heterocycles. The Kier molecular flexibility index (Phi) is 4.20. The van der Waals surface area contributed by atoms with Crippen LogP contribution in [-0.2, 0) is 9.59 Å². The van der Waals surface area contributed by atoms with Crippen LogP contribution >= 0.6 is 0 Å². The van der Waals surface area contributed by atoms with Gasteiger partial charge < -0.3 is 16.0 Å². The number of nitrogens with zero attached hydrogens (tertiary/aromatic N) is 2. The first-order valence-corrected chi connectivity index (χ1v) is 7.84. The molecule has 6 heteroatoms. The number of hydrogen-bond acceptors (Lipinski definition) is 4. The Morgan fingerprint density at radius 1 is 1.29 bits per heavy atom. The minimum Gasteiger partial charge on any atom is -0.384 e. The van der Waals surface area contributed by atoms with Crippen molar-refractivity contribution in [3.8, 4) is 0 Å². The van der Waals surface area contributed by atoms with Gasteiger partial charge in [0, 0.05) is 18.7 Å². The van der Waals surface area contributed by atoms with Crippen LogP contribution in [0.2, 0.25) is 0 Å². The second-order valence-electron chi connectivity index (χ2n) is 6.09. The lowest BCUT2D eigenvalue weighted by molar-refractivity contribution is -0.122. The minimum absolute atomic E-state index is 0.0284. The van der Waals surface area contributed by atoms with Crippen molar-refractivity contribution in [1.82, 2.24) is 4.98 Å². The van der Waals surface area contributed by atoms with E-state index in [1.54, 1.807) is 17.0 Å². The molecule has 124 valence electrons. The molecule has 2 amide bonds. The highest BCUT2D eigenvalue weighted by Gasteiger charge is 2.35. The van der Waals surface area contributed by atoms with Gasteiger partial charge in [-0.3, -0.25) is 9.59 Å². The van der Waals surface area contributed by atoms with Crippen LogP contribution in [0.3, 0.4) is 0 Å². The number of nitrogens with one attached hydrogen (secondary N) is 1. The summed E-state index contributed by atoms with van der Waals surface area (Å²) in [6, 6.07) is 9.18. The summed E-state index contributed by atoms with van der Waals surface area (Å²) >= 11 is 0. The average Bonchev–Trinajstić information content (AvgIpc) is 2.94. The van der Waals surface area contributed by atoms with Gasteiger partial charge in [0.15, 0.2) is 0 Å². The molecule has 1 fully saturated rings. The quantitative estimate of drug-likeness (QED) is 0.906. The van der Waals surface area contributed by atoms with Gasteiger partial charge in [-0.25, -0.2) is 4.98 Å². The van der Waals surface area contributed by atoms with Crippen LogP contribution in [-0.4, -0.2) is 23.3 Å². The molecular formula is C18H20N4O2. The van der Waals surface area contributed by atoms with Crippen LogP contribution in [0.4, 0.5) is 17.2 Å². The molecule has 2 heterocycles. The van der Waals surface area contributed by atoms with Crippen LogP contribution in [0.15, 0.2) is 36.5 Å². The van der Waals surface area contributed by atoms with Crippen LogP contribution in [0.1, 0.15) is 17.5 Å². The fraction of sp³-hybridized carbons (Fsp3) is 0.278. The molecule has 24 heavy (non-hydrogen) atoms. The van der Waals surface area contributed by atoms with Crippen molar-refractivity contribution in [3.05, 3.63) is 47.7 Å². The smallest absolute Gasteiger partial charge is 0.229 e. The lowest BCUT2D eigenvalue weighted by Gasteiger charge is -2.20. The fourth-order valence-corrected chi connectivity index (χ4v) is 2.87. The van der Waals surface area contributed by atoms with E-state index in [1.807, 2.05) is 32.0 Å². The lowest BCUT2D eigenvalue weighted by atomic mass is 10.1. The van der Waals surface area contributed by atoms with Gasteiger partial charge in [-0.15, -0.1) is 0 Å². The zero-order chi connectivity index (χ0) is 17.3. The van der Waals surface area contributed by atoms with Gasteiger partial charge >= 0.3 is 0 Å². The number of hydrogen-bond donors (Lipinski definition) is 2. The molecule has 6 nitrogen and oxygen atoms in total. The summed E-state index contributed by atoms with van der Waals surface area (Å²) in [5.41, 5.74) is 9.18. The summed E-state index contributed by atoms with van der Waals surface area (Å²) in [5.74, 6) is -0.192. The number of carbonyl (C=O) groups excluding carboxylic acids is 2. The number of aryl methyl sites for hydroxylation is 1. The number of nitrogen functional groups attached to an aromatic ring is 1. The van der Waals surface area contributed by atoms with Gasteiger partial charge in [0.2, 0.25) is 11.8 Å². The van der Waals surface area contributed by atoms with Gasteiger partial charge in [-0.05, 0) is 43.2 Å². The zero-order valence-corrected chi connectivity index (χ0v) is 13.7. The molecule has 1 aromatic heterocycles. The van der Waals surface area contributed by atoms with Crippen LogP contribution in [0, 0.1) is 19.8 Å². The number of aromatic nitrogens is 1. The molecule has 1 unspecified atom stereocenters. The molecule has 1 aliphatic heterocycles. The third-order valence-electron chi connectivity index (χ3n) is 4.42. The Balaban J connectivity index is 1.73. The second-order valence-corrected chi connectivity index (χ2v) is 6.09. The Bertz CT molecular complexity index is 786. The highest BCUT2D eigenvalue weighted by molar-refractivity contribution is 6.03. The molecule has 1 atom stereocenters. The Morgan fingerprint density at radius 3 is 2.79 bits per heavy atom. The average molecular weight is 324 g/mol. The van der Waals surface area contributed by atoms with Crippen molar-refractivity contribution in [1.29, 1.82) is 0 Å². The van der Waals surface area contributed by atoms with Crippen LogP contribution < -0.4 is 16.0 Å². The number of anilines is 3. The highest BCUT2D eigenvalue weighted by atomic mass is 16.2. The maximum Gasteiger partial charge on any atom is 0.229 e. The Labute approximate surface area is 140 Å². The molecule has 0 spiro atoms. The van der Waals surface area contributed by atoms with E-state index in [1.165, 1.54) is 6.20 Å². The van der Waals surface area contributed by atoms with Crippen molar-refractivity contribution in [2.45, 2.75) is 20.3 Å². The fourth-order valence-electron chi connectivity index (χ4n) is 2.87. The van der Waals surface area contributed by atoms with Gasteiger partial charge in [-0.1, -0.05) is 12.1 Å². The maximum atomic E-state index is 12.4. The molecule has 0 saturated carbocycles. The molecule has 3 N–H and O–H groups in total. The van der Waals surface area contributed by atoms with Gasteiger partial charge in [0.1, 0.15) is 5.82 Å². The van der Waals surface area contributed by atoms with E-state index in [-0.39, 0.29) is 24.2 Å². The Hall–Kier alpha value is -2.89. The first-order valence-electron chi connectivity index (χ1n) is 7.84. The number of amides is 2. The lowest BCUT2D eigenvalue weighted by Crippen LogP contribution is -2.28. The predicted molar refractivity (Wildman–Crippen MR) is 93.7 cm³/mol. The predicted octanol–water partition coefficient (Wildman–Crippen LogP) is 2.27. The van der Waals surface area contributed by atoms with Crippen molar-refractivity contribution < 1.29 is 9.59 Å². The number of benzene rings is 1. The first-order chi connectivity index (χ1) is 11.5. The van der Waals surface area contributed by atoms with Crippen molar-refractivity contribution in [3.63, 3.8) is 0 Å². The van der Waals surface area contributed by atoms with E-state index < -0.39 is 0 Å². The van der Waals surface area contributed by atoms with E-state index in [4.69, 9.17) is 5.73 Å². The maximum absolute atomic E-state index is 12.4. The zero-order valence-electron chi connectivity index (χ0n) is 13.7. The number of pyridine rings is 1. The SMILES string of the molecule is Cc1cccc(N2CC(C(=O)Nc3ccc(N)nc3)CC2=O)c1C.